The van der Waals surface area contributed by atoms with Gasteiger partial charge in [0.1, 0.15) is 0 Å². The van der Waals surface area contributed by atoms with Gasteiger partial charge in [0.05, 0.1) is 17.6 Å². The fourth-order valence-corrected chi connectivity index (χ4v) is 1.12. The number of carbonyl (C=O) groups is 1. The van der Waals surface area contributed by atoms with Crippen LogP contribution in [0.25, 0.3) is 0 Å². The van der Waals surface area contributed by atoms with Crippen LogP contribution in [0.4, 0.5) is 11.4 Å². The van der Waals surface area contributed by atoms with Crippen molar-refractivity contribution in [3.05, 3.63) is 33.9 Å². The van der Waals surface area contributed by atoms with Gasteiger partial charge in [-0.25, -0.2) is 9.59 Å². The molecule has 1 aromatic carbocycles. The Balaban J connectivity index is 3.50. The highest BCUT2D eigenvalue weighted by Gasteiger charge is 2.21. The molecule has 0 spiro atoms. The molecule has 0 saturated carbocycles. The smallest absolute Gasteiger partial charge is 0.340 e. The minimum atomic E-state index is -0.808. The Morgan fingerprint density at radius 3 is 2.75 bits per heavy atom. The van der Waals surface area contributed by atoms with Gasteiger partial charge in [0.25, 0.3) is 5.69 Å². The molecule has 1 aromatic rings. The number of aliphatic imine (C=N–C) groups is 1. The van der Waals surface area contributed by atoms with Crippen LogP contribution in [0.2, 0.25) is 0 Å². The van der Waals surface area contributed by atoms with E-state index >= 15 is 0 Å². The van der Waals surface area contributed by atoms with E-state index in [0.717, 1.165) is 19.3 Å². The largest absolute Gasteiger partial charge is 0.465 e. The van der Waals surface area contributed by atoms with Gasteiger partial charge < -0.3 is 4.74 Å². The van der Waals surface area contributed by atoms with Crippen LogP contribution in [0.1, 0.15) is 10.4 Å². The molecule has 0 radical (unpaired) electrons. The number of benzene rings is 1. The molecule has 0 N–H and O–H groups in total. The number of carbonyl (C=O) groups excluding carboxylic acids is 2. The summed E-state index contributed by atoms with van der Waals surface area (Å²) in [5.74, 6) is -0.808. The van der Waals surface area contributed by atoms with Crippen LogP contribution in [-0.4, -0.2) is 24.1 Å². The maximum atomic E-state index is 11.2. The first-order chi connectivity index (χ1) is 7.61. The second-order valence-corrected chi connectivity index (χ2v) is 2.63. The standard InChI is InChI=1S/C9H6N2O5/c1-16-9(13)6-3-2-4-7(11(14)15)8(6)10-5-12/h2-4H,1H3. The molecule has 0 heterocycles. The number of para-hydroxylation sites is 1. The average molecular weight is 222 g/mol. The summed E-state index contributed by atoms with van der Waals surface area (Å²) in [6.45, 7) is 0. The van der Waals surface area contributed by atoms with Gasteiger partial charge in [0.15, 0.2) is 5.69 Å². The monoisotopic (exact) mass is 222 g/mol. The van der Waals surface area contributed by atoms with Gasteiger partial charge in [0, 0.05) is 6.07 Å². The van der Waals surface area contributed by atoms with E-state index in [9.17, 15) is 19.7 Å². The Morgan fingerprint density at radius 1 is 1.56 bits per heavy atom. The van der Waals surface area contributed by atoms with E-state index in [2.05, 4.69) is 9.73 Å². The number of isocyanates is 1. The molecule has 7 nitrogen and oxygen atoms in total. The number of rotatable bonds is 3. The van der Waals surface area contributed by atoms with Crippen molar-refractivity contribution in [3.8, 4) is 0 Å². The van der Waals surface area contributed by atoms with E-state index in [1.165, 1.54) is 12.1 Å². The molecule has 0 unspecified atom stereocenters. The lowest BCUT2D eigenvalue weighted by atomic mass is 10.1. The molecular formula is C9H6N2O5. The van der Waals surface area contributed by atoms with E-state index < -0.39 is 16.6 Å². The fraction of sp³-hybridized carbons (Fsp3) is 0.111. The van der Waals surface area contributed by atoms with Gasteiger partial charge in [-0.1, -0.05) is 6.07 Å². The van der Waals surface area contributed by atoms with E-state index in [-0.39, 0.29) is 11.3 Å². The van der Waals surface area contributed by atoms with E-state index in [4.69, 9.17) is 0 Å². The number of nitro groups is 1. The Kier molecular flexibility index (Phi) is 3.47. The third-order valence-corrected chi connectivity index (χ3v) is 1.77. The lowest BCUT2D eigenvalue weighted by Crippen LogP contribution is -2.03. The zero-order valence-corrected chi connectivity index (χ0v) is 8.17. The number of methoxy groups -OCH3 is 1. The summed E-state index contributed by atoms with van der Waals surface area (Å²) in [5.41, 5.74) is -0.958. The molecule has 0 aromatic heterocycles. The van der Waals surface area contributed by atoms with Gasteiger partial charge in [-0.05, 0) is 6.07 Å². The third kappa shape index (κ3) is 2.10. The first kappa shape index (κ1) is 11.5. The third-order valence-electron chi connectivity index (χ3n) is 1.77. The maximum Gasteiger partial charge on any atom is 0.340 e. The van der Waals surface area contributed by atoms with Crippen LogP contribution in [0.5, 0.6) is 0 Å². The van der Waals surface area contributed by atoms with E-state index in [0.29, 0.717) is 0 Å². The van der Waals surface area contributed by atoms with Crippen molar-refractivity contribution in [1.29, 1.82) is 0 Å². The Bertz CT molecular complexity index is 491. The number of esters is 1. The number of ether oxygens (including phenoxy) is 1. The Morgan fingerprint density at radius 2 is 2.25 bits per heavy atom. The average Bonchev–Trinajstić information content (AvgIpc) is 2.28. The number of hydrogen-bond donors (Lipinski definition) is 0. The van der Waals surface area contributed by atoms with Crippen molar-refractivity contribution >= 4 is 23.4 Å². The maximum absolute atomic E-state index is 11.2. The van der Waals surface area contributed by atoms with E-state index in [1.54, 1.807) is 0 Å². The van der Waals surface area contributed by atoms with Crippen LogP contribution in [0, 0.1) is 10.1 Å². The molecule has 7 heteroatoms. The van der Waals surface area contributed by atoms with Crippen molar-refractivity contribution in [2.45, 2.75) is 0 Å². The second kappa shape index (κ2) is 4.81. The summed E-state index contributed by atoms with van der Waals surface area (Å²) in [4.78, 5) is 34.4. The van der Waals surface area contributed by atoms with Gasteiger partial charge in [0.2, 0.25) is 6.08 Å². The SMILES string of the molecule is COC(=O)c1cccc([N+](=O)[O-])c1N=C=O. The molecule has 0 amide bonds. The van der Waals surface area contributed by atoms with Gasteiger partial charge >= 0.3 is 5.97 Å². The van der Waals surface area contributed by atoms with Crippen LogP contribution in [0.15, 0.2) is 23.2 Å². The summed E-state index contributed by atoms with van der Waals surface area (Å²) >= 11 is 0. The lowest BCUT2D eigenvalue weighted by molar-refractivity contribution is -0.384. The molecule has 0 fully saturated rings. The predicted molar refractivity (Wildman–Crippen MR) is 52.2 cm³/mol. The minimum absolute atomic E-state index is 0.153. The van der Waals surface area contributed by atoms with Crippen molar-refractivity contribution < 1.29 is 19.2 Å². The van der Waals surface area contributed by atoms with Gasteiger partial charge in [-0.3, -0.25) is 10.1 Å². The summed E-state index contributed by atoms with van der Waals surface area (Å²) in [6.07, 6.45) is 1.16. The topological polar surface area (TPSA) is 98.9 Å². The number of nitro benzene ring substituents is 1. The lowest BCUT2D eigenvalue weighted by Gasteiger charge is -2.02. The highest BCUT2D eigenvalue weighted by Crippen LogP contribution is 2.31. The molecule has 0 aliphatic heterocycles. The Hall–Kier alpha value is -2.53. The molecule has 0 aliphatic carbocycles. The highest BCUT2D eigenvalue weighted by atomic mass is 16.6. The molecule has 1 rings (SSSR count). The predicted octanol–water partition coefficient (Wildman–Crippen LogP) is 1.35. The fourth-order valence-electron chi connectivity index (χ4n) is 1.12. The quantitative estimate of drug-likeness (QED) is 0.252. The van der Waals surface area contributed by atoms with Crippen molar-refractivity contribution in [1.82, 2.24) is 0 Å². The second-order valence-electron chi connectivity index (χ2n) is 2.63. The molecule has 0 saturated heterocycles. The van der Waals surface area contributed by atoms with Crippen LogP contribution < -0.4 is 0 Å². The van der Waals surface area contributed by atoms with Gasteiger partial charge in [-0.15, -0.1) is 0 Å². The summed E-state index contributed by atoms with van der Waals surface area (Å²) in [6, 6.07) is 3.70. The number of nitrogens with zero attached hydrogens (tertiary/aromatic N) is 2. The van der Waals surface area contributed by atoms with E-state index in [1.807, 2.05) is 0 Å². The van der Waals surface area contributed by atoms with Crippen LogP contribution in [0.3, 0.4) is 0 Å². The molecule has 82 valence electrons. The number of hydrogen-bond acceptors (Lipinski definition) is 6. The first-order valence-corrected chi connectivity index (χ1v) is 4.05. The molecule has 0 bridgehead atoms. The van der Waals surface area contributed by atoms with Crippen LogP contribution >= 0.6 is 0 Å². The van der Waals surface area contributed by atoms with Crippen molar-refractivity contribution in [3.63, 3.8) is 0 Å². The molecule has 0 atom stereocenters. The minimum Gasteiger partial charge on any atom is -0.465 e. The summed E-state index contributed by atoms with van der Waals surface area (Å²) in [7, 11) is 1.12. The Labute approximate surface area is 89.5 Å². The van der Waals surface area contributed by atoms with Crippen molar-refractivity contribution in [2.24, 2.45) is 4.99 Å². The summed E-state index contributed by atoms with van der Waals surface area (Å²) in [5, 5.41) is 10.6. The zero-order chi connectivity index (χ0) is 12.1. The van der Waals surface area contributed by atoms with Crippen LogP contribution in [-0.2, 0) is 9.53 Å². The molecular weight excluding hydrogens is 216 g/mol. The van der Waals surface area contributed by atoms with Crippen molar-refractivity contribution in [2.75, 3.05) is 7.11 Å². The molecule has 16 heavy (non-hydrogen) atoms. The molecule has 0 aliphatic rings. The first-order valence-electron chi connectivity index (χ1n) is 4.05. The normalized spacial score (nSPS) is 9.06. The van der Waals surface area contributed by atoms with Gasteiger partial charge in [-0.2, -0.15) is 4.99 Å². The zero-order valence-electron chi connectivity index (χ0n) is 8.17. The summed E-state index contributed by atoms with van der Waals surface area (Å²) < 4.78 is 4.41. The highest BCUT2D eigenvalue weighted by molar-refractivity contribution is 5.97.